The second-order valence-electron chi connectivity index (χ2n) is 7.47. The minimum Gasteiger partial charge on any atom is -0.480 e. The van der Waals surface area contributed by atoms with Gasteiger partial charge in [0.1, 0.15) is 11.2 Å². The van der Waals surface area contributed by atoms with Crippen LogP contribution in [0.25, 0.3) is 10.9 Å². The number of para-hydroxylation sites is 1. The van der Waals surface area contributed by atoms with Crippen LogP contribution in [-0.4, -0.2) is 47.6 Å². The first kappa shape index (κ1) is 17.3. The third-order valence-corrected chi connectivity index (χ3v) is 6.05. The van der Waals surface area contributed by atoms with Crippen molar-refractivity contribution in [3.8, 4) is 5.88 Å². The van der Waals surface area contributed by atoms with Crippen LogP contribution in [-0.2, 0) is 16.8 Å². The third kappa shape index (κ3) is 2.59. The summed E-state index contributed by atoms with van der Waals surface area (Å²) >= 11 is 0. The fourth-order valence-corrected chi connectivity index (χ4v) is 4.62. The SMILES string of the molecule is COc1ncccc1C(=O)N1CCC2(CC1)OCCc1c2[nH]c2ccccc12. The zero-order valence-electron chi connectivity index (χ0n) is 15.9. The van der Waals surface area contributed by atoms with Crippen molar-refractivity contribution in [3.05, 3.63) is 59.4 Å². The molecule has 1 saturated heterocycles. The molecule has 1 amide bonds. The van der Waals surface area contributed by atoms with E-state index in [4.69, 9.17) is 9.47 Å². The number of hydrogen-bond donors (Lipinski definition) is 1. The van der Waals surface area contributed by atoms with E-state index in [0.717, 1.165) is 31.4 Å². The standard InChI is InChI=1S/C22H23N3O3/c1-27-20-17(6-4-11-23-20)21(26)25-12-9-22(10-13-25)19-16(8-14-28-22)15-5-2-3-7-18(15)24-19/h2-7,11,24H,8-10,12-14H2,1H3. The van der Waals surface area contributed by atoms with E-state index in [0.29, 0.717) is 24.5 Å². The number of carbonyl (C=O) groups is 1. The van der Waals surface area contributed by atoms with Gasteiger partial charge in [0.2, 0.25) is 5.88 Å². The molecule has 1 N–H and O–H groups in total. The maximum Gasteiger partial charge on any atom is 0.259 e. The number of nitrogens with zero attached hydrogens (tertiary/aromatic N) is 2. The Bertz CT molecular complexity index is 1030. The average Bonchev–Trinajstić information content (AvgIpc) is 3.14. The number of pyridine rings is 1. The van der Waals surface area contributed by atoms with Crippen LogP contribution >= 0.6 is 0 Å². The van der Waals surface area contributed by atoms with E-state index in [1.54, 1.807) is 18.3 Å². The first-order valence-corrected chi connectivity index (χ1v) is 9.74. The Balaban J connectivity index is 1.41. The smallest absolute Gasteiger partial charge is 0.259 e. The largest absolute Gasteiger partial charge is 0.480 e. The van der Waals surface area contributed by atoms with Gasteiger partial charge >= 0.3 is 0 Å². The van der Waals surface area contributed by atoms with Crippen molar-refractivity contribution in [1.29, 1.82) is 0 Å². The average molecular weight is 377 g/mol. The van der Waals surface area contributed by atoms with Crippen molar-refractivity contribution in [2.75, 3.05) is 26.8 Å². The first-order valence-electron chi connectivity index (χ1n) is 9.74. The molecule has 0 bridgehead atoms. The van der Waals surface area contributed by atoms with Crippen LogP contribution in [0.1, 0.15) is 34.5 Å². The Morgan fingerprint density at radius 3 is 2.86 bits per heavy atom. The summed E-state index contributed by atoms with van der Waals surface area (Å²) < 4.78 is 11.6. The molecule has 4 heterocycles. The number of aromatic nitrogens is 2. The number of methoxy groups -OCH3 is 1. The summed E-state index contributed by atoms with van der Waals surface area (Å²) in [6.45, 7) is 2.01. The molecule has 2 aliphatic heterocycles. The molecule has 0 atom stereocenters. The highest BCUT2D eigenvalue weighted by Crippen LogP contribution is 2.43. The number of carbonyl (C=O) groups excluding carboxylic acids is 1. The molecule has 5 rings (SSSR count). The molecule has 144 valence electrons. The van der Waals surface area contributed by atoms with Crippen LogP contribution in [0.3, 0.4) is 0 Å². The van der Waals surface area contributed by atoms with E-state index in [9.17, 15) is 4.79 Å². The Hall–Kier alpha value is -2.86. The van der Waals surface area contributed by atoms with Crippen LogP contribution in [0.15, 0.2) is 42.6 Å². The van der Waals surface area contributed by atoms with Crippen molar-refractivity contribution in [1.82, 2.24) is 14.9 Å². The quantitative estimate of drug-likeness (QED) is 0.744. The molecule has 6 heteroatoms. The molecule has 0 radical (unpaired) electrons. The van der Waals surface area contributed by atoms with Gasteiger partial charge in [-0.2, -0.15) is 0 Å². The summed E-state index contributed by atoms with van der Waals surface area (Å²) in [5.41, 5.74) is 3.91. The predicted molar refractivity (Wildman–Crippen MR) is 106 cm³/mol. The predicted octanol–water partition coefficient (Wildman–Crippen LogP) is 3.28. The molecule has 0 aliphatic carbocycles. The topological polar surface area (TPSA) is 67.4 Å². The first-order chi connectivity index (χ1) is 13.7. The minimum absolute atomic E-state index is 0.0347. The molecule has 28 heavy (non-hydrogen) atoms. The lowest BCUT2D eigenvalue weighted by Crippen LogP contribution is -2.48. The van der Waals surface area contributed by atoms with E-state index < -0.39 is 0 Å². The second-order valence-corrected chi connectivity index (χ2v) is 7.47. The summed E-state index contributed by atoms with van der Waals surface area (Å²) in [5, 5.41) is 1.29. The molecule has 1 aromatic carbocycles. The molecular weight excluding hydrogens is 354 g/mol. The molecule has 0 unspecified atom stereocenters. The molecule has 3 aromatic rings. The van der Waals surface area contributed by atoms with Gasteiger partial charge in [0.25, 0.3) is 5.91 Å². The van der Waals surface area contributed by atoms with Gasteiger partial charge in [-0.3, -0.25) is 4.79 Å². The number of fused-ring (bicyclic) bond motifs is 4. The monoisotopic (exact) mass is 377 g/mol. The third-order valence-electron chi connectivity index (χ3n) is 6.05. The van der Waals surface area contributed by atoms with Crippen molar-refractivity contribution in [2.45, 2.75) is 24.9 Å². The van der Waals surface area contributed by atoms with Crippen LogP contribution in [0.2, 0.25) is 0 Å². The molecule has 2 aromatic heterocycles. The lowest BCUT2D eigenvalue weighted by molar-refractivity contribution is -0.0957. The highest BCUT2D eigenvalue weighted by Gasteiger charge is 2.43. The van der Waals surface area contributed by atoms with E-state index in [2.05, 4.69) is 34.2 Å². The Labute approximate surface area is 163 Å². The van der Waals surface area contributed by atoms with Crippen molar-refractivity contribution >= 4 is 16.8 Å². The number of nitrogens with one attached hydrogen (secondary N) is 1. The Morgan fingerprint density at radius 1 is 1.21 bits per heavy atom. The number of H-pyrrole nitrogens is 1. The Morgan fingerprint density at radius 2 is 2.04 bits per heavy atom. The Kier molecular flexibility index (Phi) is 4.09. The fraction of sp³-hybridized carbons (Fsp3) is 0.364. The fourth-order valence-electron chi connectivity index (χ4n) is 4.62. The number of benzene rings is 1. The highest BCUT2D eigenvalue weighted by atomic mass is 16.5. The summed E-state index contributed by atoms with van der Waals surface area (Å²) in [7, 11) is 1.54. The summed E-state index contributed by atoms with van der Waals surface area (Å²) in [6, 6.07) is 12.0. The normalized spacial score (nSPS) is 18.2. The van der Waals surface area contributed by atoms with Crippen LogP contribution < -0.4 is 4.74 Å². The number of ether oxygens (including phenoxy) is 2. The molecule has 1 fully saturated rings. The molecule has 0 saturated carbocycles. The van der Waals surface area contributed by atoms with E-state index in [1.165, 1.54) is 23.8 Å². The summed E-state index contributed by atoms with van der Waals surface area (Å²) in [5.74, 6) is 0.340. The number of likely N-dealkylation sites (tertiary alicyclic amines) is 1. The van der Waals surface area contributed by atoms with Gasteiger partial charge < -0.3 is 19.4 Å². The highest BCUT2D eigenvalue weighted by molar-refractivity contribution is 5.96. The van der Waals surface area contributed by atoms with Crippen LogP contribution in [0, 0.1) is 0 Å². The van der Waals surface area contributed by atoms with Crippen LogP contribution in [0.4, 0.5) is 0 Å². The molecule has 1 spiro atoms. The van der Waals surface area contributed by atoms with Gasteiger partial charge in [-0.05, 0) is 43.0 Å². The number of rotatable bonds is 2. The van der Waals surface area contributed by atoms with Crippen molar-refractivity contribution < 1.29 is 14.3 Å². The number of hydrogen-bond acceptors (Lipinski definition) is 4. The number of aromatic amines is 1. The van der Waals surface area contributed by atoms with E-state index in [1.807, 2.05) is 4.90 Å². The van der Waals surface area contributed by atoms with Crippen LogP contribution in [0.5, 0.6) is 5.88 Å². The molecule has 6 nitrogen and oxygen atoms in total. The van der Waals surface area contributed by atoms with E-state index in [-0.39, 0.29) is 11.5 Å². The lowest BCUT2D eigenvalue weighted by atomic mass is 9.83. The lowest BCUT2D eigenvalue weighted by Gasteiger charge is -2.43. The number of amides is 1. The summed E-state index contributed by atoms with van der Waals surface area (Å²) in [6.07, 6.45) is 4.12. The van der Waals surface area contributed by atoms with Gasteiger partial charge in [-0.25, -0.2) is 4.98 Å². The van der Waals surface area contributed by atoms with Crippen molar-refractivity contribution in [2.24, 2.45) is 0 Å². The second kappa shape index (κ2) is 6.63. The zero-order valence-corrected chi connectivity index (χ0v) is 15.9. The van der Waals surface area contributed by atoms with E-state index >= 15 is 0 Å². The molecule has 2 aliphatic rings. The zero-order chi connectivity index (χ0) is 19.1. The van der Waals surface area contributed by atoms with Gasteiger partial charge in [-0.1, -0.05) is 18.2 Å². The van der Waals surface area contributed by atoms with Gasteiger partial charge in [0, 0.05) is 30.2 Å². The van der Waals surface area contributed by atoms with Gasteiger partial charge in [0.05, 0.1) is 19.4 Å². The van der Waals surface area contributed by atoms with Gasteiger partial charge in [-0.15, -0.1) is 0 Å². The van der Waals surface area contributed by atoms with Gasteiger partial charge in [0.15, 0.2) is 0 Å². The summed E-state index contributed by atoms with van der Waals surface area (Å²) in [4.78, 5) is 22.6. The number of piperidine rings is 1. The maximum absolute atomic E-state index is 13.0. The van der Waals surface area contributed by atoms with Crippen molar-refractivity contribution in [3.63, 3.8) is 0 Å². The minimum atomic E-state index is -0.331. The maximum atomic E-state index is 13.0. The molecular formula is C22H23N3O3.